The number of nitro groups is 1. The van der Waals surface area contributed by atoms with E-state index in [1.807, 2.05) is 0 Å². The summed E-state index contributed by atoms with van der Waals surface area (Å²) in [5, 5.41) is 14.3. The molecule has 130 valence electrons. The average Bonchev–Trinajstić information content (AvgIpc) is 2.60. The largest absolute Gasteiger partial charge is 0.490 e. The van der Waals surface area contributed by atoms with E-state index in [-0.39, 0.29) is 18.9 Å². The fraction of sp³-hybridized carbons (Fsp3) is 0.125. The number of benzene rings is 2. The van der Waals surface area contributed by atoms with Crippen LogP contribution in [0.15, 0.2) is 53.6 Å². The molecule has 0 aromatic heterocycles. The van der Waals surface area contributed by atoms with E-state index in [1.54, 1.807) is 24.3 Å². The standard InChI is InChI=1S/C16H16N4O5/c17-16(21)19-18-11-12-3-1-2-4-15(12)25-10-9-24-14-7-5-13(6-8-14)20(22)23/h1-8,11H,9-10H2,(H3,17,19,21)/b18-11+. The number of carbonyl (C=O) groups is 1. The number of hydrogen-bond acceptors (Lipinski definition) is 6. The molecule has 0 saturated carbocycles. The van der Waals surface area contributed by atoms with Crippen molar-refractivity contribution in [1.82, 2.24) is 5.43 Å². The van der Waals surface area contributed by atoms with Crippen molar-refractivity contribution < 1.29 is 19.2 Å². The normalized spacial score (nSPS) is 10.4. The summed E-state index contributed by atoms with van der Waals surface area (Å²) in [4.78, 5) is 20.7. The van der Waals surface area contributed by atoms with Gasteiger partial charge in [0, 0.05) is 17.7 Å². The number of rotatable bonds is 8. The topological polar surface area (TPSA) is 129 Å². The highest BCUT2D eigenvalue weighted by Crippen LogP contribution is 2.18. The number of para-hydroxylation sites is 1. The molecule has 9 nitrogen and oxygen atoms in total. The van der Waals surface area contributed by atoms with Crippen molar-refractivity contribution in [1.29, 1.82) is 0 Å². The van der Waals surface area contributed by atoms with Gasteiger partial charge in [-0.05, 0) is 24.3 Å². The lowest BCUT2D eigenvalue weighted by atomic mass is 10.2. The maximum atomic E-state index is 10.6. The Hall–Kier alpha value is -3.62. The molecule has 0 unspecified atom stereocenters. The molecule has 0 aliphatic rings. The van der Waals surface area contributed by atoms with Crippen molar-refractivity contribution in [3.05, 3.63) is 64.2 Å². The van der Waals surface area contributed by atoms with E-state index in [0.717, 1.165) is 0 Å². The molecule has 2 aromatic rings. The molecule has 0 heterocycles. The van der Waals surface area contributed by atoms with Gasteiger partial charge in [0.1, 0.15) is 24.7 Å². The van der Waals surface area contributed by atoms with Gasteiger partial charge in [-0.2, -0.15) is 5.10 Å². The summed E-state index contributed by atoms with van der Waals surface area (Å²) in [5.41, 5.74) is 7.69. The van der Waals surface area contributed by atoms with Crippen LogP contribution >= 0.6 is 0 Å². The third kappa shape index (κ3) is 5.82. The Balaban J connectivity index is 1.84. The molecule has 0 bridgehead atoms. The van der Waals surface area contributed by atoms with E-state index >= 15 is 0 Å². The number of urea groups is 1. The van der Waals surface area contributed by atoms with E-state index < -0.39 is 11.0 Å². The van der Waals surface area contributed by atoms with Gasteiger partial charge in [0.2, 0.25) is 0 Å². The summed E-state index contributed by atoms with van der Waals surface area (Å²) in [5.74, 6) is 1.07. The molecular formula is C16H16N4O5. The molecule has 25 heavy (non-hydrogen) atoms. The molecule has 2 aromatic carbocycles. The second-order valence-electron chi connectivity index (χ2n) is 4.72. The molecule has 0 spiro atoms. The Morgan fingerprint density at radius 3 is 2.52 bits per heavy atom. The molecule has 9 heteroatoms. The van der Waals surface area contributed by atoms with Crippen LogP contribution < -0.4 is 20.6 Å². The van der Waals surface area contributed by atoms with Crippen LogP contribution in [0.5, 0.6) is 11.5 Å². The number of nitrogens with zero attached hydrogens (tertiary/aromatic N) is 2. The van der Waals surface area contributed by atoms with Crippen LogP contribution in [0.1, 0.15) is 5.56 Å². The van der Waals surface area contributed by atoms with Gasteiger partial charge in [0.15, 0.2) is 0 Å². The number of primary amides is 1. The van der Waals surface area contributed by atoms with Gasteiger partial charge in [0.25, 0.3) is 5.69 Å². The Bertz CT molecular complexity index is 761. The Morgan fingerprint density at radius 1 is 1.16 bits per heavy atom. The number of ether oxygens (including phenoxy) is 2. The van der Waals surface area contributed by atoms with Gasteiger partial charge in [-0.15, -0.1) is 0 Å². The Labute approximate surface area is 143 Å². The summed E-state index contributed by atoms with van der Waals surface area (Å²) in [6.45, 7) is 0.508. The SMILES string of the molecule is NC(=O)N/N=C/c1ccccc1OCCOc1ccc([N+](=O)[O-])cc1. The minimum atomic E-state index is -0.758. The van der Waals surface area contributed by atoms with Crippen LogP contribution in [0.4, 0.5) is 10.5 Å². The van der Waals surface area contributed by atoms with Crippen molar-refractivity contribution in [3.63, 3.8) is 0 Å². The first kappa shape index (κ1) is 17.7. The summed E-state index contributed by atoms with van der Waals surface area (Å²) in [6.07, 6.45) is 1.41. The van der Waals surface area contributed by atoms with E-state index in [4.69, 9.17) is 15.2 Å². The molecule has 2 amide bonds. The van der Waals surface area contributed by atoms with Gasteiger partial charge < -0.3 is 15.2 Å². The minimum Gasteiger partial charge on any atom is -0.490 e. The van der Waals surface area contributed by atoms with Crippen molar-refractivity contribution >= 4 is 17.9 Å². The summed E-state index contributed by atoms with van der Waals surface area (Å²) < 4.78 is 11.1. The van der Waals surface area contributed by atoms with Gasteiger partial charge >= 0.3 is 6.03 Å². The number of non-ortho nitro benzene ring substituents is 1. The first-order valence-electron chi connectivity index (χ1n) is 7.24. The van der Waals surface area contributed by atoms with E-state index in [1.165, 1.54) is 30.5 Å². The molecule has 0 saturated heterocycles. The van der Waals surface area contributed by atoms with Crippen LogP contribution in [0.2, 0.25) is 0 Å². The van der Waals surface area contributed by atoms with Crippen molar-refractivity contribution in [2.24, 2.45) is 10.8 Å². The number of nitrogens with one attached hydrogen (secondary N) is 1. The third-order valence-electron chi connectivity index (χ3n) is 2.95. The van der Waals surface area contributed by atoms with Crippen molar-refractivity contribution in [2.75, 3.05) is 13.2 Å². The monoisotopic (exact) mass is 344 g/mol. The van der Waals surface area contributed by atoms with E-state index in [0.29, 0.717) is 17.1 Å². The second kappa shape index (κ2) is 8.87. The maximum absolute atomic E-state index is 10.6. The third-order valence-corrected chi connectivity index (χ3v) is 2.95. The Morgan fingerprint density at radius 2 is 1.84 bits per heavy atom. The number of hydrazone groups is 1. The lowest BCUT2D eigenvalue weighted by Crippen LogP contribution is -2.24. The van der Waals surface area contributed by atoms with E-state index in [2.05, 4.69) is 10.5 Å². The fourth-order valence-electron chi connectivity index (χ4n) is 1.86. The predicted octanol–water partition coefficient (Wildman–Crippen LogP) is 2.05. The quantitative estimate of drug-likeness (QED) is 0.328. The second-order valence-corrected chi connectivity index (χ2v) is 4.72. The van der Waals surface area contributed by atoms with Crippen LogP contribution in [0.25, 0.3) is 0 Å². The highest BCUT2D eigenvalue weighted by molar-refractivity contribution is 5.84. The van der Waals surface area contributed by atoms with E-state index in [9.17, 15) is 14.9 Å². The minimum absolute atomic E-state index is 0.00128. The molecule has 0 radical (unpaired) electrons. The van der Waals surface area contributed by atoms with Crippen LogP contribution in [-0.2, 0) is 0 Å². The summed E-state index contributed by atoms with van der Waals surface area (Å²) in [6, 6.07) is 12.1. The first-order valence-corrected chi connectivity index (χ1v) is 7.24. The molecule has 0 atom stereocenters. The molecule has 2 rings (SSSR count). The van der Waals surface area contributed by atoms with Gasteiger partial charge in [-0.1, -0.05) is 12.1 Å². The predicted molar refractivity (Wildman–Crippen MR) is 90.8 cm³/mol. The molecule has 0 aliphatic carbocycles. The zero-order valence-corrected chi connectivity index (χ0v) is 13.1. The summed E-state index contributed by atoms with van der Waals surface area (Å²) in [7, 11) is 0. The first-order chi connectivity index (χ1) is 12.1. The van der Waals surface area contributed by atoms with Crippen molar-refractivity contribution in [3.8, 4) is 11.5 Å². The maximum Gasteiger partial charge on any atom is 0.332 e. The lowest BCUT2D eigenvalue weighted by Gasteiger charge is -2.10. The number of hydrogen-bond donors (Lipinski definition) is 2. The highest BCUT2D eigenvalue weighted by atomic mass is 16.6. The average molecular weight is 344 g/mol. The fourth-order valence-corrected chi connectivity index (χ4v) is 1.86. The lowest BCUT2D eigenvalue weighted by molar-refractivity contribution is -0.384. The van der Waals surface area contributed by atoms with Gasteiger partial charge in [-0.25, -0.2) is 10.2 Å². The van der Waals surface area contributed by atoms with Crippen LogP contribution in [0, 0.1) is 10.1 Å². The molecule has 3 N–H and O–H groups in total. The number of amides is 2. The molecular weight excluding hydrogens is 328 g/mol. The number of nitrogens with two attached hydrogens (primary N) is 1. The zero-order valence-electron chi connectivity index (χ0n) is 13.1. The number of nitro benzene ring substituents is 1. The van der Waals surface area contributed by atoms with Gasteiger partial charge in [-0.3, -0.25) is 10.1 Å². The van der Waals surface area contributed by atoms with Crippen LogP contribution in [-0.4, -0.2) is 30.4 Å². The summed E-state index contributed by atoms with van der Waals surface area (Å²) >= 11 is 0. The number of carbonyl (C=O) groups excluding carboxylic acids is 1. The molecule has 0 aliphatic heterocycles. The zero-order chi connectivity index (χ0) is 18.1. The van der Waals surface area contributed by atoms with Crippen LogP contribution in [0.3, 0.4) is 0 Å². The van der Waals surface area contributed by atoms with Gasteiger partial charge in [0.05, 0.1) is 11.1 Å². The smallest absolute Gasteiger partial charge is 0.332 e. The molecule has 0 fully saturated rings. The Kier molecular flexibility index (Phi) is 6.29. The van der Waals surface area contributed by atoms with Crippen molar-refractivity contribution in [2.45, 2.75) is 0 Å². The highest BCUT2D eigenvalue weighted by Gasteiger charge is 2.05.